The molecule has 0 spiro atoms. The second-order valence-electron chi connectivity index (χ2n) is 17.9. The lowest BCUT2D eigenvalue weighted by Gasteiger charge is -2.35. The first-order chi connectivity index (χ1) is 33.2. The molecule has 0 saturated carbocycles. The summed E-state index contributed by atoms with van der Waals surface area (Å²) in [7, 11) is 0. The molecule has 0 N–H and O–H groups in total. The number of para-hydroxylation sites is 2. The highest BCUT2D eigenvalue weighted by atomic mass is 16.3. The van der Waals surface area contributed by atoms with E-state index >= 15 is 0 Å². The summed E-state index contributed by atoms with van der Waals surface area (Å²) in [6.45, 7) is 0. The van der Waals surface area contributed by atoms with Crippen LogP contribution in [0.3, 0.4) is 0 Å². The fourth-order valence-corrected chi connectivity index (χ4v) is 11.7. The third kappa shape index (κ3) is 5.51. The topological polar surface area (TPSA) is 16.4 Å². The Kier molecular flexibility index (Phi) is 8.23. The predicted molar refractivity (Wildman–Crippen MR) is 281 cm³/mol. The molecule has 0 atom stereocenters. The SMILES string of the molecule is c1ccc(C2(c3ccccc3)c3ccccc3-c3ccc(N(c4ccc5ccccc5c4)c4ccccc4-c4ccc5c6ccccc6c6c(ccc7oc8ccccc8c76)c5c4)cc32)cc1. The van der Waals surface area contributed by atoms with Crippen molar-refractivity contribution in [3.63, 3.8) is 0 Å². The third-order valence-corrected chi connectivity index (χ3v) is 14.5. The highest BCUT2D eigenvalue weighted by molar-refractivity contribution is 6.34. The smallest absolute Gasteiger partial charge is 0.136 e. The van der Waals surface area contributed by atoms with Crippen molar-refractivity contribution in [2.75, 3.05) is 4.90 Å². The molecule has 67 heavy (non-hydrogen) atoms. The van der Waals surface area contributed by atoms with E-state index in [-0.39, 0.29) is 0 Å². The Hall–Kier alpha value is -8.72. The molecule has 312 valence electrons. The quantitative estimate of drug-likeness (QED) is 0.155. The Morgan fingerprint density at radius 2 is 0.896 bits per heavy atom. The Labute approximate surface area is 388 Å². The summed E-state index contributed by atoms with van der Waals surface area (Å²) in [5.74, 6) is 0. The van der Waals surface area contributed by atoms with Gasteiger partial charge in [-0.05, 0) is 131 Å². The van der Waals surface area contributed by atoms with E-state index in [1.165, 1.54) is 81.9 Å². The monoisotopic (exact) mass is 851 g/mol. The van der Waals surface area contributed by atoms with E-state index in [2.05, 4.69) is 254 Å². The summed E-state index contributed by atoms with van der Waals surface area (Å²) in [6, 6.07) is 91.6. The number of benzene rings is 12. The lowest BCUT2D eigenvalue weighted by molar-refractivity contribution is 0.669. The summed E-state index contributed by atoms with van der Waals surface area (Å²) in [6.07, 6.45) is 0. The molecule has 0 aliphatic heterocycles. The van der Waals surface area contributed by atoms with Gasteiger partial charge in [0.1, 0.15) is 11.2 Å². The molecule has 1 aliphatic rings. The highest BCUT2D eigenvalue weighted by Crippen LogP contribution is 2.57. The van der Waals surface area contributed by atoms with Crippen LogP contribution in [0, 0.1) is 0 Å². The zero-order valence-electron chi connectivity index (χ0n) is 36.5. The van der Waals surface area contributed by atoms with Gasteiger partial charge in [-0.15, -0.1) is 0 Å². The lowest BCUT2D eigenvalue weighted by Crippen LogP contribution is -2.28. The molecule has 0 fully saturated rings. The first kappa shape index (κ1) is 37.6. The second-order valence-corrected chi connectivity index (χ2v) is 17.9. The van der Waals surface area contributed by atoms with Crippen LogP contribution in [0.15, 0.2) is 253 Å². The molecule has 12 aromatic carbocycles. The van der Waals surface area contributed by atoms with Gasteiger partial charge in [-0.2, -0.15) is 0 Å². The van der Waals surface area contributed by atoms with Crippen LogP contribution in [0.5, 0.6) is 0 Å². The number of furan rings is 1. The van der Waals surface area contributed by atoms with E-state index in [1.54, 1.807) is 0 Å². The summed E-state index contributed by atoms with van der Waals surface area (Å²) in [5.41, 5.74) is 14.5. The van der Waals surface area contributed by atoms with Gasteiger partial charge in [0.25, 0.3) is 0 Å². The van der Waals surface area contributed by atoms with Crippen LogP contribution < -0.4 is 4.90 Å². The standard InChI is InChI=1S/C65H41NO/c1-3-19-45(20-4-1)65(46-21-5-2-6-22-46)58-28-14-11-25-52(58)53-36-34-48(41-59(53)65)66(47-33-31-42-17-7-8-18-43(42)39-47)60-29-15-12-23-49(60)44-32-35-51-50-24-9-10-26-54(50)63-55(57(51)40-44)37-38-62-64(63)56-27-13-16-30-61(56)67-62/h1-41H. The molecule has 14 rings (SSSR count). The van der Waals surface area contributed by atoms with Crippen molar-refractivity contribution < 1.29 is 4.42 Å². The minimum absolute atomic E-state index is 0.535. The first-order valence-corrected chi connectivity index (χ1v) is 23.2. The summed E-state index contributed by atoms with van der Waals surface area (Å²) in [4.78, 5) is 2.48. The van der Waals surface area contributed by atoms with Gasteiger partial charge >= 0.3 is 0 Å². The Bertz CT molecular complexity index is 4070. The molecule has 2 nitrogen and oxygen atoms in total. The predicted octanol–water partition coefficient (Wildman–Crippen LogP) is 17.7. The van der Waals surface area contributed by atoms with E-state index in [4.69, 9.17) is 4.42 Å². The maximum Gasteiger partial charge on any atom is 0.136 e. The van der Waals surface area contributed by atoms with E-state index in [0.29, 0.717) is 0 Å². The van der Waals surface area contributed by atoms with Gasteiger partial charge in [-0.3, -0.25) is 0 Å². The van der Waals surface area contributed by atoms with Crippen LogP contribution in [-0.4, -0.2) is 0 Å². The Morgan fingerprint density at radius 1 is 0.313 bits per heavy atom. The van der Waals surface area contributed by atoms with E-state index < -0.39 is 5.41 Å². The Balaban J connectivity index is 1.03. The number of hydrogen-bond donors (Lipinski definition) is 0. The van der Waals surface area contributed by atoms with Gasteiger partial charge < -0.3 is 9.32 Å². The molecule has 13 aromatic rings. The van der Waals surface area contributed by atoms with Gasteiger partial charge in [-0.25, -0.2) is 0 Å². The lowest BCUT2D eigenvalue weighted by atomic mass is 9.67. The molecule has 0 radical (unpaired) electrons. The van der Waals surface area contributed by atoms with Crippen molar-refractivity contribution in [1.82, 2.24) is 0 Å². The highest BCUT2D eigenvalue weighted by Gasteiger charge is 2.46. The summed E-state index contributed by atoms with van der Waals surface area (Å²) < 4.78 is 6.47. The van der Waals surface area contributed by atoms with Crippen LogP contribution >= 0.6 is 0 Å². The molecule has 2 heteroatoms. The van der Waals surface area contributed by atoms with Crippen LogP contribution in [0.4, 0.5) is 17.1 Å². The van der Waals surface area contributed by atoms with Crippen molar-refractivity contribution >= 4 is 82.1 Å². The van der Waals surface area contributed by atoms with E-state index in [0.717, 1.165) is 44.7 Å². The van der Waals surface area contributed by atoms with Gasteiger partial charge in [0.2, 0.25) is 0 Å². The number of anilines is 3. The molecule has 0 bridgehead atoms. The van der Waals surface area contributed by atoms with Crippen molar-refractivity contribution in [3.8, 4) is 22.3 Å². The van der Waals surface area contributed by atoms with Crippen LogP contribution in [0.25, 0.3) is 87.3 Å². The van der Waals surface area contributed by atoms with Crippen molar-refractivity contribution in [3.05, 3.63) is 271 Å². The first-order valence-electron chi connectivity index (χ1n) is 23.2. The molecule has 1 heterocycles. The normalized spacial score (nSPS) is 12.9. The zero-order valence-corrected chi connectivity index (χ0v) is 36.5. The number of fused-ring (bicyclic) bond motifs is 14. The molecule has 0 saturated heterocycles. The van der Waals surface area contributed by atoms with Gasteiger partial charge in [-0.1, -0.05) is 194 Å². The molecule has 0 amide bonds. The number of hydrogen-bond acceptors (Lipinski definition) is 2. The fourth-order valence-electron chi connectivity index (χ4n) is 11.7. The van der Waals surface area contributed by atoms with Crippen molar-refractivity contribution in [1.29, 1.82) is 0 Å². The van der Waals surface area contributed by atoms with Crippen LogP contribution in [0.1, 0.15) is 22.3 Å². The number of nitrogens with zero attached hydrogens (tertiary/aromatic N) is 1. The van der Waals surface area contributed by atoms with Gasteiger partial charge in [0.15, 0.2) is 0 Å². The average molecular weight is 852 g/mol. The van der Waals surface area contributed by atoms with Crippen molar-refractivity contribution in [2.24, 2.45) is 0 Å². The molecular formula is C65H41NO. The Morgan fingerprint density at radius 3 is 1.72 bits per heavy atom. The molecular weight excluding hydrogens is 811 g/mol. The molecule has 1 aliphatic carbocycles. The maximum absolute atomic E-state index is 6.47. The van der Waals surface area contributed by atoms with Crippen LogP contribution in [-0.2, 0) is 5.41 Å². The minimum Gasteiger partial charge on any atom is -0.456 e. The van der Waals surface area contributed by atoms with Gasteiger partial charge in [0.05, 0.1) is 11.1 Å². The average Bonchev–Trinajstić information content (AvgIpc) is 3.93. The summed E-state index contributed by atoms with van der Waals surface area (Å²) >= 11 is 0. The second kappa shape index (κ2) is 14.7. The van der Waals surface area contributed by atoms with Crippen molar-refractivity contribution in [2.45, 2.75) is 5.41 Å². The fraction of sp³-hybridized carbons (Fsp3) is 0.0154. The van der Waals surface area contributed by atoms with Crippen LogP contribution in [0.2, 0.25) is 0 Å². The maximum atomic E-state index is 6.47. The molecule has 0 unspecified atom stereocenters. The van der Waals surface area contributed by atoms with Gasteiger partial charge in [0, 0.05) is 33.1 Å². The summed E-state index contributed by atoms with van der Waals surface area (Å²) in [5, 5.41) is 12.1. The van der Waals surface area contributed by atoms with E-state index in [9.17, 15) is 0 Å². The zero-order chi connectivity index (χ0) is 44.1. The number of rotatable bonds is 6. The molecule has 1 aromatic heterocycles. The third-order valence-electron chi connectivity index (χ3n) is 14.5. The van der Waals surface area contributed by atoms with E-state index in [1.807, 2.05) is 0 Å². The minimum atomic E-state index is -0.535. The largest absolute Gasteiger partial charge is 0.456 e.